The predicted octanol–water partition coefficient (Wildman–Crippen LogP) is 5.37. The molecule has 1 atom stereocenters. The number of nitrogens with zero attached hydrogens (tertiary/aromatic N) is 4. The number of aromatic nitrogens is 3. The molecule has 0 bridgehead atoms. The van der Waals surface area contributed by atoms with Crippen molar-refractivity contribution in [2.75, 3.05) is 11.1 Å². The number of fused-ring (bicyclic) bond motifs is 1. The summed E-state index contributed by atoms with van der Waals surface area (Å²) in [7, 11) is 0. The standard InChI is InChI=1S/C23H27N5O2S2/c1-5-28-20(17-7-6-10-30-17)26-27-22(28)31-13-19(29)25-21-16(12-24)15-9-8-14(23(2,3)4)11-18(15)32-21/h6-7,10,14H,5,8-9,11,13H2,1-4H3,(H,25,29)/t14-/m1/s1. The molecule has 4 rings (SSSR count). The fraction of sp³-hybridized carbons (Fsp3) is 0.478. The van der Waals surface area contributed by atoms with Crippen molar-refractivity contribution in [3.8, 4) is 17.7 Å². The van der Waals surface area contributed by atoms with Gasteiger partial charge in [-0.25, -0.2) is 0 Å². The van der Waals surface area contributed by atoms with Gasteiger partial charge in [0.1, 0.15) is 11.1 Å². The first kappa shape index (κ1) is 22.6. The molecule has 1 aliphatic carbocycles. The van der Waals surface area contributed by atoms with Crippen molar-refractivity contribution in [3.05, 3.63) is 34.4 Å². The first-order valence-electron chi connectivity index (χ1n) is 10.8. The third-order valence-corrected chi connectivity index (χ3v) is 8.10. The highest BCUT2D eigenvalue weighted by Gasteiger charge is 2.32. The molecule has 1 aliphatic rings. The van der Waals surface area contributed by atoms with Gasteiger partial charge in [0.25, 0.3) is 0 Å². The predicted molar refractivity (Wildman–Crippen MR) is 127 cm³/mol. The van der Waals surface area contributed by atoms with Gasteiger partial charge in [-0.1, -0.05) is 32.5 Å². The second-order valence-corrected chi connectivity index (χ2v) is 11.0. The maximum absolute atomic E-state index is 12.7. The quantitative estimate of drug-likeness (QED) is 0.487. The molecule has 0 radical (unpaired) electrons. The van der Waals surface area contributed by atoms with Gasteiger partial charge < -0.3 is 9.73 Å². The van der Waals surface area contributed by atoms with E-state index in [-0.39, 0.29) is 17.1 Å². The average Bonchev–Trinajstić information content (AvgIpc) is 3.48. The molecule has 1 amide bonds. The van der Waals surface area contributed by atoms with Crippen LogP contribution in [-0.4, -0.2) is 26.4 Å². The minimum Gasteiger partial charge on any atom is -0.461 e. The molecule has 0 aromatic carbocycles. The zero-order chi connectivity index (χ0) is 22.9. The normalized spacial score (nSPS) is 15.9. The number of anilines is 1. The first-order valence-corrected chi connectivity index (χ1v) is 12.6. The lowest BCUT2D eigenvalue weighted by molar-refractivity contribution is -0.113. The lowest BCUT2D eigenvalue weighted by Crippen LogP contribution is -2.26. The van der Waals surface area contributed by atoms with Gasteiger partial charge >= 0.3 is 0 Å². The molecular weight excluding hydrogens is 442 g/mol. The lowest BCUT2D eigenvalue weighted by atomic mass is 9.72. The Bertz CT molecular complexity index is 1150. The smallest absolute Gasteiger partial charge is 0.235 e. The largest absolute Gasteiger partial charge is 0.461 e. The second kappa shape index (κ2) is 9.12. The summed E-state index contributed by atoms with van der Waals surface area (Å²) in [5.41, 5.74) is 1.99. The van der Waals surface area contributed by atoms with Crippen LogP contribution >= 0.6 is 23.1 Å². The van der Waals surface area contributed by atoms with Gasteiger partial charge in [0.2, 0.25) is 5.91 Å². The second-order valence-electron chi connectivity index (χ2n) is 8.99. The van der Waals surface area contributed by atoms with E-state index in [9.17, 15) is 10.1 Å². The molecule has 0 unspecified atom stereocenters. The zero-order valence-corrected chi connectivity index (χ0v) is 20.4. The van der Waals surface area contributed by atoms with E-state index in [0.29, 0.717) is 39.8 Å². The number of carbonyl (C=O) groups excluding carboxylic acids is 1. The van der Waals surface area contributed by atoms with Crippen LogP contribution in [0.4, 0.5) is 5.00 Å². The van der Waals surface area contributed by atoms with E-state index in [0.717, 1.165) is 24.8 Å². The van der Waals surface area contributed by atoms with Crippen LogP contribution in [0.15, 0.2) is 28.0 Å². The summed E-state index contributed by atoms with van der Waals surface area (Å²) in [4.78, 5) is 14.0. The van der Waals surface area contributed by atoms with Crippen LogP contribution in [0.1, 0.15) is 50.1 Å². The maximum atomic E-state index is 12.7. The van der Waals surface area contributed by atoms with Crippen LogP contribution in [-0.2, 0) is 24.2 Å². The minimum atomic E-state index is -0.150. The molecule has 9 heteroatoms. The Balaban J connectivity index is 1.45. The number of rotatable bonds is 6. The number of furan rings is 1. The molecule has 0 aliphatic heterocycles. The summed E-state index contributed by atoms with van der Waals surface area (Å²) < 4.78 is 7.36. The Kier molecular flexibility index (Phi) is 6.45. The maximum Gasteiger partial charge on any atom is 0.235 e. The van der Waals surface area contributed by atoms with Crippen molar-refractivity contribution < 1.29 is 9.21 Å². The fourth-order valence-corrected chi connectivity index (χ4v) is 6.19. The van der Waals surface area contributed by atoms with Crippen LogP contribution < -0.4 is 5.32 Å². The summed E-state index contributed by atoms with van der Waals surface area (Å²) in [5.74, 6) is 1.92. The third kappa shape index (κ3) is 4.48. The van der Waals surface area contributed by atoms with Crippen LogP contribution in [0, 0.1) is 22.7 Å². The lowest BCUT2D eigenvalue weighted by Gasteiger charge is -2.33. The monoisotopic (exact) mass is 469 g/mol. The van der Waals surface area contributed by atoms with Crippen molar-refractivity contribution in [2.24, 2.45) is 11.3 Å². The van der Waals surface area contributed by atoms with Gasteiger partial charge in [-0.3, -0.25) is 9.36 Å². The van der Waals surface area contributed by atoms with Gasteiger partial charge in [-0.15, -0.1) is 21.5 Å². The van der Waals surface area contributed by atoms with E-state index in [1.165, 1.54) is 16.6 Å². The Morgan fingerprint density at radius 1 is 1.44 bits per heavy atom. The molecule has 7 nitrogen and oxygen atoms in total. The van der Waals surface area contributed by atoms with Crippen molar-refractivity contribution in [1.29, 1.82) is 5.26 Å². The molecule has 0 saturated heterocycles. The van der Waals surface area contributed by atoms with Crippen molar-refractivity contribution in [3.63, 3.8) is 0 Å². The van der Waals surface area contributed by atoms with Crippen LogP contribution in [0.2, 0.25) is 0 Å². The SMILES string of the molecule is CCn1c(SCC(=O)Nc2sc3c(c2C#N)CC[C@@H](C(C)(C)C)C3)nnc1-c1ccco1. The van der Waals surface area contributed by atoms with E-state index in [2.05, 4.69) is 42.4 Å². The molecule has 0 spiro atoms. The number of nitriles is 1. The first-order chi connectivity index (χ1) is 15.3. The molecule has 3 aromatic heterocycles. The van der Waals surface area contributed by atoms with E-state index < -0.39 is 0 Å². The molecule has 0 saturated carbocycles. The van der Waals surface area contributed by atoms with Gasteiger partial charge in [0, 0.05) is 11.4 Å². The van der Waals surface area contributed by atoms with Gasteiger partial charge in [0.15, 0.2) is 16.7 Å². The Labute approximate surface area is 196 Å². The number of hydrogen-bond acceptors (Lipinski definition) is 7. The van der Waals surface area contributed by atoms with Crippen LogP contribution in [0.3, 0.4) is 0 Å². The van der Waals surface area contributed by atoms with E-state index >= 15 is 0 Å². The molecule has 0 fully saturated rings. The van der Waals surface area contributed by atoms with Crippen molar-refractivity contribution >= 4 is 34.0 Å². The molecular formula is C23H27N5O2S2. The summed E-state index contributed by atoms with van der Waals surface area (Å²) in [6.45, 7) is 9.48. The van der Waals surface area contributed by atoms with Crippen molar-refractivity contribution in [2.45, 2.75) is 58.7 Å². The van der Waals surface area contributed by atoms with E-state index in [1.54, 1.807) is 23.7 Å². The van der Waals surface area contributed by atoms with Crippen LogP contribution in [0.25, 0.3) is 11.6 Å². The number of amides is 1. The third-order valence-electron chi connectivity index (χ3n) is 5.96. The summed E-state index contributed by atoms with van der Waals surface area (Å²) in [6.07, 6.45) is 4.55. The summed E-state index contributed by atoms with van der Waals surface area (Å²) >= 11 is 2.88. The number of carbonyl (C=O) groups is 1. The number of nitrogens with one attached hydrogen (secondary N) is 1. The molecule has 1 N–H and O–H groups in total. The topological polar surface area (TPSA) is 96.7 Å². The van der Waals surface area contributed by atoms with Crippen LogP contribution in [0.5, 0.6) is 0 Å². The van der Waals surface area contributed by atoms with E-state index in [4.69, 9.17) is 4.42 Å². The Morgan fingerprint density at radius 2 is 2.25 bits per heavy atom. The number of thiophene rings is 1. The highest BCUT2D eigenvalue weighted by atomic mass is 32.2. The molecule has 32 heavy (non-hydrogen) atoms. The zero-order valence-electron chi connectivity index (χ0n) is 18.8. The van der Waals surface area contributed by atoms with Gasteiger partial charge in [0.05, 0.1) is 17.6 Å². The van der Waals surface area contributed by atoms with Gasteiger partial charge in [-0.05, 0) is 55.2 Å². The summed E-state index contributed by atoms with van der Waals surface area (Å²) in [6, 6.07) is 5.97. The van der Waals surface area contributed by atoms with Gasteiger partial charge in [-0.2, -0.15) is 5.26 Å². The summed E-state index contributed by atoms with van der Waals surface area (Å²) in [5, 5.41) is 22.5. The minimum absolute atomic E-state index is 0.150. The van der Waals surface area contributed by atoms with Crippen molar-refractivity contribution in [1.82, 2.24) is 14.8 Å². The average molecular weight is 470 g/mol. The Morgan fingerprint density at radius 3 is 2.91 bits per heavy atom. The molecule has 168 valence electrons. The van der Waals surface area contributed by atoms with E-state index in [1.807, 2.05) is 17.6 Å². The number of thioether (sulfide) groups is 1. The Hall–Kier alpha value is -2.57. The molecule has 3 aromatic rings. The fourth-order valence-electron chi connectivity index (χ4n) is 4.09. The number of hydrogen-bond donors (Lipinski definition) is 1. The molecule has 3 heterocycles. The highest BCUT2D eigenvalue weighted by molar-refractivity contribution is 7.99. The highest BCUT2D eigenvalue weighted by Crippen LogP contribution is 2.44.